The lowest BCUT2D eigenvalue weighted by atomic mass is 10.2. The summed E-state index contributed by atoms with van der Waals surface area (Å²) < 4.78 is 0. The van der Waals surface area contributed by atoms with Crippen LogP contribution in [0.1, 0.15) is 58.3 Å². The molecule has 0 aliphatic rings. The van der Waals surface area contributed by atoms with Crippen molar-refractivity contribution in [3.8, 4) is 0 Å². The smallest absolute Gasteiger partial charge is 0.303 e. The van der Waals surface area contributed by atoms with Crippen molar-refractivity contribution in [2.24, 2.45) is 11.5 Å². The fraction of sp³-hybridized carbons (Fsp3) is 0.833. The van der Waals surface area contributed by atoms with Gasteiger partial charge in [-0.2, -0.15) is 0 Å². The Hall–Kier alpha value is -1.14. The van der Waals surface area contributed by atoms with Gasteiger partial charge in [0, 0.05) is 12.8 Å². The Morgan fingerprint density at radius 2 is 1.39 bits per heavy atom. The third kappa shape index (κ3) is 24.2. The Morgan fingerprint density at radius 3 is 1.67 bits per heavy atom. The van der Waals surface area contributed by atoms with Crippen LogP contribution in [0.2, 0.25) is 0 Å². The van der Waals surface area contributed by atoms with Crippen LogP contribution in [0.4, 0.5) is 0 Å². The number of rotatable bonds is 9. The van der Waals surface area contributed by atoms with Crippen molar-refractivity contribution in [3.05, 3.63) is 0 Å². The maximum atomic E-state index is 9.90. The summed E-state index contributed by atoms with van der Waals surface area (Å²) in [5.74, 6) is -1.74. The molecule has 0 amide bonds. The van der Waals surface area contributed by atoms with Gasteiger partial charge in [0.2, 0.25) is 0 Å². The van der Waals surface area contributed by atoms with Crippen molar-refractivity contribution in [3.63, 3.8) is 0 Å². The van der Waals surface area contributed by atoms with Gasteiger partial charge in [0.1, 0.15) is 0 Å². The van der Waals surface area contributed by atoms with E-state index in [0.29, 0.717) is 12.8 Å². The van der Waals surface area contributed by atoms with Crippen LogP contribution in [0.15, 0.2) is 0 Å². The molecule has 0 aromatic heterocycles. The largest absolute Gasteiger partial charge is 0.481 e. The number of nitrogens with two attached hydrogens (primary N) is 2. The molecule has 0 aliphatic heterocycles. The highest BCUT2D eigenvalue weighted by molar-refractivity contribution is 5.67. The second kappa shape index (κ2) is 13.9. The van der Waals surface area contributed by atoms with Crippen LogP contribution >= 0.6 is 0 Å². The highest BCUT2D eigenvalue weighted by Gasteiger charge is 1.99. The van der Waals surface area contributed by atoms with Gasteiger partial charge in [-0.3, -0.25) is 9.59 Å². The fourth-order valence-corrected chi connectivity index (χ4v) is 1.18. The third-order valence-corrected chi connectivity index (χ3v) is 2.17. The molecule has 0 bridgehead atoms. The first-order chi connectivity index (χ1) is 8.40. The molecule has 0 rings (SSSR count). The van der Waals surface area contributed by atoms with E-state index in [1.54, 1.807) is 0 Å². The van der Waals surface area contributed by atoms with Crippen molar-refractivity contribution in [2.45, 2.75) is 64.5 Å². The SMILES string of the molecule is CCCCCC(N)N.O=C(O)CCCCC(=O)O. The number of aliphatic carboxylic acids is 2. The van der Waals surface area contributed by atoms with E-state index in [2.05, 4.69) is 6.92 Å². The van der Waals surface area contributed by atoms with Crippen molar-refractivity contribution in [2.75, 3.05) is 0 Å². The number of unbranched alkanes of at least 4 members (excludes halogenated alkanes) is 3. The van der Waals surface area contributed by atoms with E-state index in [0.717, 1.165) is 6.42 Å². The molecule has 0 aromatic rings. The Morgan fingerprint density at radius 1 is 0.944 bits per heavy atom. The third-order valence-electron chi connectivity index (χ3n) is 2.17. The summed E-state index contributed by atoms with van der Waals surface area (Å²) in [5, 5.41) is 16.3. The molecule has 0 saturated carbocycles. The topological polar surface area (TPSA) is 127 Å². The van der Waals surface area contributed by atoms with Crippen LogP contribution in [0.25, 0.3) is 0 Å². The molecule has 0 radical (unpaired) electrons. The van der Waals surface area contributed by atoms with Crippen LogP contribution in [0, 0.1) is 0 Å². The molecule has 0 saturated heterocycles. The highest BCUT2D eigenvalue weighted by atomic mass is 16.4. The Kier molecular flexibility index (Phi) is 14.9. The number of carboxylic acid groups (broad SMARTS) is 2. The van der Waals surface area contributed by atoms with Gasteiger partial charge in [-0.25, -0.2) is 0 Å². The first-order valence-corrected chi connectivity index (χ1v) is 6.34. The molecule has 0 aromatic carbocycles. The van der Waals surface area contributed by atoms with Gasteiger partial charge in [-0.1, -0.05) is 26.2 Å². The summed E-state index contributed by atoms with van der Waals surface area (Å²) in [6.07, 6.45) is 5.56. The Bertz CT molecular complexity index is 204. The lowest BCUT2D eigenvalue weighted by Gasteiger charge is -2.01. The van der Waals surface area contributed by atoms with Crippen LogP contribution in [0.3, 0.4) is 0 Å². The summed E-state index contributed by atoms with van der Waals surface area (Å²) in [7, 11) is 0. The Labute approximate surface area is 108 Å². The first kappa shape index (κ1) is 19.2. The number of hydrogen-bond donors (Lipinski definition) is 4. The molecule has 0 spiro atoms. The van der Waals surface area contributed by atoms with Gasteiger partial charge in [0.25, 0.3) is 0 Å². The molecule has 18 heavy (non-hydrogen) atoms. The minimum atomic E-state index is -0.870. The zero-order valence-corrected chi connectivity index (χ0v) is 11.1. The second-order valence-electron chi connectivity index (χ2n) is 4.15. The van der Waals surface area contributed by atoms with E-state index in [-0.39, 0.29) is 19.0 Å². The van der Waals surface area contributed by atoms with Crippen LogP contribution in [0.5, 0.6) is 0 Å². The van der Waals surface area contributed by atoms with Crippen LogP contribution < -0.4 is 11.5 Å². The molecule has 0 heterocycles. The van der Waals surface area contributed by atoms with Crippen molar-refractivity contribution in [1.82, 2.24) is 0 Å². The predicted molar refractivity (Wildman–Crippen MR) is 70.0 cm³/mol. The summed E-state index contributed by atoms with van der Waals surface area (Å²) in [6, 6.07) is 0. The lowest BCUT2D eigenvalue weighted by molar-refractivity contribution is -0.139. The molecule has 108 valence electrons. The van der Waals surface area contributed by atoms with Crippen LogP contribution in [-0.4, -0.2) is 28.3 Å². The van der Waals surface area contributed by atoms with E-state index in [4.69, 9.17) is 21.7 Å². The minimum Gasteiger partial charge on any atom is -0.481 e. The molecule has 0 unspecified atom stereocenters. The van der Waals surface area contributed by atoms with Crippen LogP contribution in [-0.2, 0) is 9.59 Å². The van der Waals surface area contributed by atoms with Gasteiger partial charge < -0.3 is 21.7 Å². The Balaban J connectivity index is 0. The van der Waals surface area contributed by atoms with E-state index >= 15 is 0 Å². The van der Waals surface area contributed by atoms with Gasteiger partial charge in [-0.05, 0) is 19.3 Å². The van der Waals surface area contributed by atoms with E-state index in [1.165, 1.54) is 19.3 Å². The van der Waals surface area contributed by atoms with Gasteiger partial charge in [0.15, 0.2) is 0 Å². The number of carboxylic acids is 2. The van der Waals surface area contributed by atoms with E-state index in [1.807, 2.05) is 0 Å². The van der Waals surface area contributed by atoms with Crippen molar-refractivity contribution in [1.29, 1.82) is 0 Å². The summed E-state index contributed by atoms with van der Waals surface area (Å²) >= 11 is 0. The zero-order valence-electron chi connectivity index (χ0n) is 11.1. The minimum absolute atomic E-state index is 0.0628. The van der Waals surface area contributed by atoms with E-state index in [9.17, 15) is 9.59 Å². The maximum Gasteiger partial charge on any atom is 0.303 e. The molecule has 6 nitrogen and oxygen atoms in total. The second-order valence-corrected chi connectivity index (χ2v) is 4.15. The summed E-state index contributed by atoms with van der Waals surface area (Å²) in [5.41, 5.74) is 10.6. The highest BCUT2D eigenvalue weighted by Crippen LogP contribution is 1.99. The summed E-state index contributed by atoms with van der Waals surface area (Å²) in [6.45, 7) is 2.17. The molecular weight excluding hydrogens is 236 g/mol. The molecule has 6 heteroatoms. The maximum absolute atomic E-state index is 9.90. The summed E-state index contributed by atoms with van der Waals surface area (Å²) in [4.78, 5) is 19.8. The standard InChI is InChI=1S/C6H16N2.C6H10O4/c1-2-3-4-5-6(7)8;7-5(8)3-1-2-4-6(9)10/h6H,2-5,7-8H2,1H3;1-4H2,(H,7,8)(H,9,10). The monoisotopic (exact) mass is 262 g/mol. The average Bonchev–Trinajstić information content (AvgIpc) is 2.25. The quantitative estimate of drug-likeness (QED) is 0.368. The predicted octanol–water partition coefficient (Wildman–Crippen LogP) is 1.53. The number of hydrogen-bond acceptors (Lipinski definition) is 4. The average molecular weight is 262 g/mol. The normalized spacial score (nSPS) is 9.78. The fourth-order valence-electron chi connectivity index (χ4n) is 1.18. The van der Waals surface area contributed by atoms with Crippen molar-refractivity contribution < 1.29 is 19.8 Å². The molecule has 0 fully saturated rings. The van der Waals surface area contributed by atoms with Gasteiger partial charge in [-0.15, -0.1) is 0 Å². The van der Waals surface area contributed by atoms with Gasteiger partial charge >= 0.3 is 11.9 Å². The van der Waals surface area contributed by atoms with E-state index < -0.39 is 11.9 Å². The first-order valence-electron chi connectivity index (χ1n) is 6.34. The lowest BCUT2D eigenvalue weighted by Crippen LogP contribution is -2.29. The molecule has 6 N–H and O–H groups in total. The molecule has 0 aliphatic carbocycles. The number of carbonyl (C=O) groups is 2. The zero-order chi connectivity index (χ0) is 14.4. The van der Waals surface area contributed by atoms with Gasteiger partial charge in [0.05, 0.1) is 6.17 Å². The van der Waals surface area contributed by atoms with Crippen molar-refractivity contribution >= 4 is 11.9 Å². The molecule has 0 atom stereocenters. The molecular formula is C12H26N2O4.